The van der Waals surface area contributed by atoms with Crippen LogP contribution in [0.1, 0.15) is 70.0 Å². The molecule has 188 valence electrons. The van der Waals surface area contributed by atoms with Crippen molar-refractivity contribution in [3.8, 4) is 5.75 Å². The molecular formula is C28H30N2O5S. The van der Waals surface area contributed by atoms with Gasteiger partial charge in [-0.3, -0.25) is 14.4 Å². The summed E-state index contributed by atoms with van der Waals surface area (Å²) in [4.78, 5) is 36.8. The molecular weight excluding hydrogens is 476 g/mol. The first-order valence-electron chi connectivity index (χ1n) is 12.6. The summed E-state index contributed by atoms with van der Waals surface area (Å²) < 4.78 is 7.09. The standard InChI is InChI=1S/C28H30N2O5S/c31-26(18-5-9-22(10-6-18)35-23-11-7-19(8-12-23)28(33)34)29-13-14-30-27(32)25-16-21-4-3-20(17-1-2-17)15-24(21)36-25/h3-6,9-10,15-17,19,23H,1-2,7-8,11-14H2,(H,29,31)(H,30,32)(H,33,34). The number of amides is 2. The molecule has 3 aromatic rings. The number of hydrogen-bond donors (Lipinski definition) is 3. The number of fused-ring (bicyclic) bond motifs is 1. The minimum absolute atomic E-state index is 0.00470. The van der Waals surface area contributed by atoms with E-state index in [9.17, 15) is 14.4 Å². The van der Waals surface area contributed by atoms with Crippen molar-refractivity contribution in [2.24, 2.45) is 5.92 Å². The molecule has 0 radical (unpaired) electrons. The van der Waals surface area contributed by atoms with Crippen LogP contribution in [-0.2, 0) is 4.79 Å². The van der Waals surface area contributed by atoms with Gasteiger partial charge in [0.25, 0.3) is 11.8 Å². The van der Waals surface area contributed by atoms with Crippen molar-refractivity contribution < 1.29 is 24.2 Å². The molecule has 5 rings (SSSR count). The van der Waals surface area contributed by atoms with Crippen molar-refractivity contribution in [2.45, 2.75) is 50.5 Å². The second kappa shape index (κ2) is 10.7. The van der Waals surface area contributed by atoms with Crippen LogP contribution in [0.3, 0.4) is 0 Å². The lowest BCUT2D eigenvalue weighted by atomic mass is 9.87. The number of rotatable bonds is 9. The summed E-state index contributed by atoms with van der Waals surface area (Å²) in [6.07, 6.45) is 5.20. The molecule has 2 aliphatic carbocycles. The molecule has 0 bridgehead atoms. The molecule has 8 heteroatoms. The smallest absolute Gasteiger partial charge is 0.306 e. The largest absolute Gasteiger partial charge is 0.490 e. The molecule has 0 spiro atoms. The Kier molecular flexibility index (Phi) is 7.23. The first-order valence-corrected chi connectivity index (χ1v) is 13.4. The quantitative estimate of drug-likeness (QED) is 0.356. The number of aliphatic carboxylic acids is 1. The van der Waals surface area contributed by atoms with E-state index in [0.717, 1.165) is 10.1 Å². The predicted molar refractivity (Wildman–Crippen MR) is 139 cm³/mol. The van der Waals surface area contributed by atoms with Gasteiger partial charge in [0.1, 0.15) is 5.75 Å². The van der Waals surface area contributed by atoms with Gasteiger partial charge < -0.3 is 20.5 Å². The Labute approximate surface area is 213 Å². The van der Waals surface area contributed by atoms with Gasteiger partial charge in [-0.15, -0.1) is 11.3 Å². The van der Waals surface area contributed by atoms with Gasteiger partial charge in [-0.05, 0) is 91.8 Å². The van der Waals surface area contributed by atoms with Gasteiger partial charge in [-0.25, -0.2) is 0 Å². The average molecular weight is 507 g/mol. The van der Waals surface area contributed by atoms with Crippen molar-refractivity contribution in [1.82, 2.24) is 10.6 Å². The van der Waals surface area contributed by atoms with Gasteiger partial charge >= 0.3 is 5.97 Å². The Bertz CT molecular complexity index is 1260. The maximum absolute atomic E-state index is 12.6. The zero-order chi connectivity index (χ0) is 25.1. The van der Waals surface area contributed by atoms with Gasteiger partial charge in [-0.2, -0.15) is 0 Å². The molecule has 3 N–H and O–H groups in total. The third-order valence-electron chi connectivity index (χ3n) is 6.96. The average Bonchev–Trinajstić information content (AvgIpc) is 3.65. The number of carbonyl (C=O) groups excluding carboxylic acids is 2. The summed E-state index contributed by atoms with van der Waals surface area (Å²) in [5, 5.41) is 15.9. The summed E-state index contributed by atoms with van der Waals surface area (Å²) in [5.74, 6) is 0.0119. The highest BCUT2D eigenvalue weighted by Crippen LogP contribution is 2.41. The second-order valence-corrected chi connectivity index (χ2v) is 10.7. The Balaban J connectivity index is 1.04. The van der Waals surface area contributed by atoms with Crippen molar-refractivity contribution in [3.05, 3.63) is 64.5 Å². The molecule has 0 aliphatic heterocycles. The lowest BCUT2D eigenvalue weighted by molar-refractivity contribution is -0.143. The number of thiophene rings is 1. The lowest BCUT2D eigenvalue weighted by Crippen LogP contribution is -2.34. The van der Waals surface area contributed by atoms with Crippen LogP contribution in [0.4, 0.5) is 0 Å². The van der Waals surface area contributed by atoms with Gasteiger partial charge in [-0.1, -0.05) is 12.1 Å². The third-order valence-corrected chi connectivity index (χ3v) is 8.05. The fourth-order valence-corrected chi connectivity index (χ4v) is 5.70. The number of ether oxygens (including phenoxy) is 1. The number of carboxylic acids is 1. The van der Waals surface area contributed by atoms with E-state index < -0.39 is 5.97 Å². The van der Waals surface area contributed by atoms with Crippen LogP contribution in [-0.4, -0.2) is 42.1 Å². The first kappa shape index (κ1) is 24.3. The fourth-order valence-electron chi connectivity index (χ4n) is 4.68. The minimum Gasteiger partial charge on any atom is -0.490 e. The maximum atomic E-state index is 12.6. The summed E-state index contributed by atoms with van der Waals surface area (Å²) in [6, 6.07) is 15.3. The summed E-state index contributed by atoms with van der Waals surface area (Å²) in [7, 11) is 0. The number of benzene rings is 2. The van der Waals surface area contributed by atoms with Crippen molar-refractivity contribution in [2.75, 3.05) is 13.1 Å². The van der Waals surface area contributed by atoms with Crippen LogP contribution < -0.4 is 15.4 Å². The van der Waals surface area contributed by atoms with Crippen LogP contribution in [0.2, 0.25) is 0 Å². The SMILES string of the molecule is O=C(NCCNC(=O)c1cc2ccc(C3CC3)cc2s1)c1ccc(OC2CCC(C(=O)O)CC2)cc1. The van der Waals surface area contributed by atoms with Crippen LogP contribution in [0.25, 0.3) is 10.1 Å². The van der Waals surface area contributed by atoms with Gasteiger partial charge in [0.05, 0.1) is 16.9 Å². The van der Waals surface area contributed by atoms with E-state index in [1.54, 1.807) is 24.3 Å². The zero-order valence-corrected chi connectivity index (χ0v) is 20.8. The van der Waals surface area contributed by atoms with E-state index in [2.05, 4.69) is 28.8 Å². The molecule has 36 heavy (non-hydrogen) atoms. The Morgan fingerprint density at radius 1 is 0.861 bits per heavy atom. The molecule has 7 nitrogen and oxygen atoms in total. The van der Waals surface area contributed by atoms with Gasteiger partial charge in [0, 0.05) is 23.4 Å². The van der Waals surface area contributed by atoms with E-state index in [-0.39, 0.29) is 23.8 Å². The predicted octanol–water partition coefficient (Wildman–Crippen LogP) is 4.96. The van der Waals surface area contributed by atoms with E-state index in [4.69, 9.17) is 9.84 Å². The zero-order valence-electron chi connectivity index (χ0n) is 20.0. The highest BCUT2D eigenvalue weighted by atomic mass is 32.1. The lowest BCUT2D eigenvalue weighted by Gasteiger charge is -2.26. The van der Waals surface area contributed by atoms with Crippen molar-refractivity contribution >= 4 is 39.2 Å². The minimum atomic E-state index is -0.731. The molecule has 0 unspecified atom stereocenters. The molecule has 2 amide bonds. The van der Waals surface area contributed by atoms with Crippen molar-refractivity contribution in [3.63, 3.8) is 0 Å². The molecule has 1 aromatic heterocycles. The summed E-state index contributed by atoms with van der Waals surface area (Å²) in [5.41, 5.74) is 1.88. The number of nitrogens with one attached hydrogen (secondary N) is 2. The highest BCUT2D eigenvalue weighted by Gasteiger charge is 2.27. The van der Waals surface area contributed by atoms with E-state index in [0.29, 0.717) is 60.9 Å². The van der Waals surface area contributed by atoms with Crippen LogP contribution in [0.5, 0.6) is 5.75 Å². The molecule has 2 fully saturated rings. The Morgan fingerprint density at radius 2 is 1.56 bits per heavy atom. The van der Waals surface area contributed by atoms with Gasteiger partial charge in [0.15, 0.2) is 0 Å². The molecule has 0 saturated heterocycles. The Morgan fingerprint density at radius 3 is 2.22 bits per heavy atom. The molecule has 1 heterocycles. The first-order chi connectivity index (χ1) is 17.5. The second-order valence-electron chi connectivity index (χ2n) is 9.65. The van der Waals surface area contributed by atoms with E-state index >= 15 is 0 Å². The Hall–Kier alpha value is -3.39. The summed E-state index contributed by atoms with van der Waals surface area (Å²) >= 11 is 1.50. The van der Waals surface area contributed by atoms with Crippen LogP contribution in [0.15, 0.2) is 48.5 Å². The number of carbonyl (C=O) groups is 3. The highest BCUT2D eigenvalue weighted by molar-refractivity contribution is 7.20. The molecule has 2 aromatic carbocycles. The fraction of sp³-hybridized carbons (Fsp3) is 0.393. The normalized spacial score (nSPS) is 19.6. The van der Waals surface area contributed by atoms with Crippen LogP contribution >= 0.6 is 11.3 Å². The van der Waals surface area contributed by atoms with E-state index in [1.165, 1.54) is 29.7 Å². The third kappa shape index (κ3) is 5.87. The summed E-state index contributed by atoms with van der Waals surface area (Å²) in [6.45, 7) is 0.665. The number of hydrogen-bond acceptors (Lipinski definition) is 5. The van der Waals surface area contributed by atoms with Crippen molar-refractivity contribution in [1.29, 1.82) is 0 Å². The van der Waals surface area contributed by atoms with Gasteiger partial charge in [0.2, 0.25) is 0 Å². The molecule has 2 saturated carbocycles. The van der Waals surface area contributed by atoms with Crippen LogP contribution in [0, 0.1) is 5.92 Å². The molecule has 0 atom stereocenters. The monoisotopic (exact) mass is 506 g/mol. The maximum Gasteiger partial charge on any atom is 0.306 e. The topological polar surface area (TPSA) is 105 Å². The van der Waals surface area contributed by atoms with E-state index in [1.807, 2.05) is 6.07 Å². The number of carboxylic acid groups (broad SMARTS) is 1. The molecule has 2 aliphatic rings.